The standard InChI is InChI=1S/C19H23NO2/c1-19(2,3)18(21)22-17(16-11-7-8-14-20-16)13-12-15-9-5-4-6-10-15/h7-9,11,14,17H,4-6,10H2,1-3H3. The molecule has 0 aliphatic heterocycles. The molecule has 22 heavy (non-hydrogen) atoms. The van der Waals surface area contributed by atoms with Gasteiger partial charge in [-0.25, -0.2) is 0 Å². The van der Waals surface area contributed by atoms with E-state index < -0.39 is 11.5 Å². The van der Waals surface area contributed by atoms with E-state index in [0.717, 1.165) is 18.4 Å². The molecule has 0 fully saturated rings. The van der Waals surface area contributed by atoms with Crippen LogP contribution < -0.4 is 0 Å². The highest BCUT2D eigenvalue weighted by atomic mass is 16.5. The predicted molar refractivity (Wildman–Crippen MR) is 86.9 cm³/mol. The summed E-state index contributed by atoms with van der Waals surface area (Å²) in [6, 6.07) is 5.55. The number of hydrogen-bond acceptors (Lipinski definition) is 3. The van der Waals surface area contributed by atoms with Crippen LogP contribution in [0.25, 0.3) is 0 Å². The Balaban J connectivity index is 2.21. The first-order chi connectivity index (χ1) is 10.5. The summed E-state index contributed by atoms with van der Waals surface area (Å²) in [7, 11) is 0. The van der Waals surface area contributed by atoms with Gasteiger partial charge in [-0.05, 0) is 70.1 Å². The second-order valence-corrected chi connectivity index (χ2v) is 6.53. The Morgan fingerprint density at radius 3 is 2.73 bits per heavy atom. The van der Waals surface area contributed by atoms with E-state index in [0.29, 0.717) is 5.69 Å². The molecule has 1 heterocycles. The number of hydrogen-bond donors (Lipinski definition) is 0. The Kier molecular flexibility index (Phi) is 5.38. The Morgan fingerprint density at radius 1 is 1.32 bits per heavy atom. The smallest absolute Gasteiger partial charge is 0.312 e. The molecule has 0 bridgehead atoms. The van der Waals surface area contributed by atoms with Gasteiger partial charge in [0.1, 0.15) is 0 Å². The van der Waals surface area contributed by atoms with Gasteiger partial charge >= 0.3 is 5.97 Å². The van der Waals surface area contributed by atoms with Crippen molar-refractivity contribution in [2.75, 3.05) is 0 Å². The third kappa shape index (κ3) is 4.73. The summed E-state index contributed by atoms with van der Waals surface area (Å²) in [4.78, 5) is 16.4. The van der Waals surface area contributed by atoms with E-state index in [9.17, 15) is 4.79 Å². The number of aromatic nitrogens is 1. The van der Waals surface area contributed by atoms with E-state index in [2.05, 4.69) is 22.9 Å². The zero-order valence-electron chi connectivity index (χ0n) is 13.6. The van der Waals surface area contributed by atoms with Crippen LogP contribution in [0.1, 0.15) is 58.3 Å². The Labute approximate surface area is 132 Å². The summed E-state index contributed by atoms with van der Waals surface area (Å²) >= 11 is 0. The number of carbonyl (C=O) groups excluding carboxylic acids is 1. The van der Waals surface area contributed by atoms with Gasteiger partial charge in [0.2, 0.25) is 6.10 Å². The largest absolute Gasteiger partial charge is 0.442 e. The number of esters is 1. The van der Waals surface area contributed by atoms with Crippen molar-refractivity contribution in [1.29, 1.82) is 0 Å². The lowest BCUT2D eigenvalue weighted by Crippen LogP contribution is -2.25. The lowest BCUT2D eigenvalue weighted by Gasteiger charge is -2.20. The van der Waals surface area contributed by atoms with E-state index >= 15 is 0 Å². The van der Waals surface area contributed by atoms with Gasteiger partial charge in [0.15, 0.2) is 0 Å². The summed E-state index contributed by atoms with van der Waals surface area (Å²) in [6.45, 7) is 5.51. The SMILES string of the molecule is CC(C)(C)C(=O)OC(C#CC1=CCCCC1)c1ccccn1. The van der Waals surface area contributed by atoms with Crippen LogP contribution in [0.15, 0.2) is 36.0 Å². The highest BCUT2D eigenvalue weighted by Gasteiger charge is 2.26. The molecule has 1 atom stereocenters. The fourth-order valence-electron chi connectivity index (χ4n) is 2.09. The van der Waals surface area contributed by atoms with Gasteiger partial charge in [0.25, 0.3) is 0 Å². The molecule has 0 radical (unpaired) electrons. The van der Waals surface area contributed by atoms with Gasteiger partial charge in [0, 0.05) is 6.20 Å². The van der Waals surface area contributed by atoms with Crippen molar-refractivity contribution in [3.8, 4) is 11.8 Å². The highest BCUT2D eigenvalue weighted by molar-refractivity contribution is 5.75. The minimum absolute atomic E-state index is 0.268. The molecule has 3 nitrogen and oxygen atoms in total. The minimum Gasteiger partial charge on any atom is -0.442 e. The minimum atomic E-state index is -0.615. The molecular formula is C19H23NO2. The molecule has 1 aliphatic rings. The molecule has 0 spiro atoms. The molecule has 0 saturated heterocycles. The van der Waals surface area contributed by atoms with Crippen LogP contribution in [-0.2, 0) is 9.53 Å². The van der Waals surface area contributed by atoms with E-state index in [1.54, 1.807) is 6.20 Å². The first-order valence-corrected chi connectivity index (χ1v) is 7.79. The molecule has 0 saturated carbocycles. The van der Waals surface area contributed by atoms with Crippen molar-refractivity contribution in [3.05, 3.63) is 41.7 Å². The Morgan fingerprint density at radius 2 is 2.14 bits per heavy atom. The van der Waals surface area contributed by atoms with E-state index in [1.807, 2.05) is 39.0 Å². The molecule has 3 heteroatoms. The lowest BCUT2D eigenvalue weighted by molar-refractivity contribution is -0.156. The molecule has 0 N–H and O–H groups in total. The average molecular weight is 297 g/mol. The lowest BCUT2D eigenvalue weighted by atomic mass is 9.97. The van der Waals surface area contributed by atoms with Crippen molar-refractivity contribution >= 4 is 5.97 Å². The number of carbonyl (C=O) groups is 1. The quantitative estimate of drug-likeness (QED) is 0.606. The van der Waals surface area contributed by atoms with E-state index in [-0.39, 0.29) is 5.97 Å². The molecule has 1 unspecified atom stereocenters. The van der Waals surface area contributed by atoms with Crippen LogP contribution in [0.3, 0.4) is 0 Å². The number of pyridine rings is 1. The average Bonchev–Trinajstić information content (AvgIpc) is 2.52. The van der Waals surface area contributed by atoms with Crippen LogP contribution >= 0.6 is 0 Å². The number of rotatable bonds is 2. The Bertz CT molecular complexity index is 600. The fraction of sp³-hybridized carbons (Fsp3) is 0.474. The fourth-order valence-corrected chi connectivity index (χ4v) is 2.09. The summed E-state index contributed by atoms with van der Waals surface area (Å²) < 4.78 is 5.59. The maximum Gasteiger partial charge on any atom is 0.312 e. The monoisotopic (exact) mass is 297 g/mol. The van der Waals surface area contributed by atoms with Crippen molar-refractivity contribution in [2.24, 2.45) is 5.41 Å². The summed E-state index contributed by atoms with van der Waals surface area (Å²) in [5.74, 6) is 5.99. The second-order valence-electron chi connectivity index (χ2n) is 6.53. The number of nitrogens with zero attached hydrogens (tertiary/aromatic N) is 1. The molecule has 0 aromatic carbocycles. The maximum atomic E-state index is 12.2. The third-order valence-corrected chi connectivity index (χ3v) is 3.45. The van der Waals surface area contributed by atoms with E-state index in [1.165, 1.54) is 12.8 Å². The second kappa shape index (κ2) is 7.26. The van der Waals surface area contributed by atoms with Crippen molar-refractivity contribution in [1.82, 2.24) is 4.98 Å². The predicted octanol–water partition coefficient (Wildman–Crippen LogP) is 4.22. The van der Waals surface area contributed by atoms with Crippen molar-refractivity contribution in [2.45, 2.75) is 52.6 Å². The number of allylic oxidation sites excluding steroid dienone is 2. The zero-order valence-corrected chi connectivity index (χ0v) is 13.6. The molecular weight excluding hydrogens is 274 g/mol. The molecule has 0 amide bonds. The Hall–Kier alpha value is -2.08. The van der Waals surface area contributed by atoms with Gasteiger partial charge in [0.05, 0.1) is 11.1 Å². The van der Waals surface area contributed by atoms with Crippen LogP contribution in [0.5, 0.6) is 0 Å². The molecule has 1 aromatic rings. The van der Waals surface area contributed by atoms with E-state index in [4.69, 9.17) is 4.74 Å². The first kappa shape index (κ1) is 16.3. The summed E-state index contributed by atoms with van der Waals surface area (Å²) in [6.07, 6.45) is 7.75. The molecule has 116 valence electrons. The van der Waals surface area contributed by atoms with Gasteiger partial charge < -0.3 is 4.74 Å². The number of ether oxygens (including phenoxy) is 1. The maximum absolute atomic E-state index is 12.2. The van der Waals surface area contributed by atoms with Crippen molar-refractivity contribution in [3.63, 3.8) is 0 Å². The van der Waals surface area contributed by atoms with Gasteiger partial charge in [-0.2, -0.15) is 0 Å². The molecule has 1 aliphatic carbocycles. The van der Waals surface area contributed by atoms with Crippen LogP contribution in [0, 0.1) is 17.3 Å². The van der Waals surface area contributed by atoms with Crippen LogP contribution in [-0.4, -0.2) is 11.0 Å². The first-order valence-electron chi connectivity index (χ1n) is 7.79. The molecule has 1 aromatic heterocycles. The highest BCUT2D eigenvalue weighted by Crippen LogP contribution is 2.23. The van der Waals surface area contributed by atoms with Crippen molar-refractivity contribution < 1.29 is 9.53 Å². The third-order valence-electron chi connectivity index (χ3n) is 3.45. The van der Waals surface area contributed by atoms with Gasteiger partial charge in [-0.3, -0.25) is 9.78 Å². The topological polar surface area (TPSA) is 39.2 Å². The summed E-state index contributed by atoms with van der Waals surface area (Å²) in [5.41, 5.74) is 1.25. The van der Waals surface area contributed by atoms with Gasteiger partial charge in [-0.1, -0.05) is 18.1 Å². The summed E-state index contributed by atoms with van der Waals surface area (Å²) in [5, 5.41) is 0. The van der Waals surface area contributed by atoms with Crippen LogP contribution in [0.4, 0.5) is 0 Å². The zero-order chi connectivity index (χ0) is 16.0. The molecule has 2 rings (SSSR count). The van der Waals surface area contributed by atoms with Crippen LogP contribution in [0.2, 0.25) is 0 Å². The normalized spacial score (nSPS) is 16.0. The van der Waals surface area contributed by atoms with Gasteiger partial charge in [-0.15, -0.1) is 0 Å².